The van der Waals surface area contributed by atoms with Crippen LogP contribution < -0.4 is 0 Å². The molecule has 1 aliphatic rings. The standard InChI is InChI=1S/C18H16N2O4S/c21-19(22)14-10-11-18(16(12-14)20(23)24)25-17-9-5-4-8-15(17)13-6-2-1-3-7-13/h1-3,6-8,10-12,17H,4-5,9H2. The highest BCUT2D eigenvalue weighted by molar-refractivity contribution is 8.00. The molecule has 1 unspecified atom stereocenters. The monoisotopic (exact) mass is 356 g/mol. The highest BCUT2D eigenvalue weighted by Crippen LogP contribution is 2.42. The molecule has 2 aromatic rings. The van der Waals surface area contributed by atoms with Crippen molar-refractivity contribution in [3.8, 4) is 0 Å². The molecule has 0 heterocycles. The highest BCUT2D eigenvalue weighted by Gasteiger charge is 2.26. The number of nitro benzene ring substituents is 2. The largest absolute Gasteiger partial charge is 0.289 e. The van der Waals surface area contributed by atoms with E-state index in [-0.39, 0.29) is 16.6 Å². The molecule has 0 saturated heterocycles. The van der Waals surface area contributed by atoms with Crippen LogP contribution >= 0.6 is 11.8 Å². The van der Waals surface area contributed by atoms with Gasteiger partial charge in [-0.1, -0.05) is 36.4 Å². The lowest BCUT2D eigenvalue weighted by Gasteiger charge is -2.24. The van der Waals surface area contributed by atoms with Crippen LogP contribution in [0.2, 0.25) is 0 Å². The van der Waals surface area contributed by atoms with Gasteiger partial charge in [-0.3, -0.25) is 20.2 Å². The average Bonchev–Trinajstić information content (AvgIpc) is 2.63. The first-order valence-corrected chi connectivity index (χ1v) is 8.79. The smallest absolute Gasteiger partial charge is 0.258 e. The van der Waals surface area contributed by atoms with Crippen LogP contribution in [0.15, 0.2) is 59.5 Å². The molecular formula is C18H16N2O4S. The number of non-ortho nitro benzene ring substituents is 1. The number of hydrogen-bond donors (Lipinski definition) is 0. The van der Waals surface area contributed by atoms with Gasteiger partial charge in [-0.2, -0.15) is 0 Å². The first kappa shape index (κ1) is 17.2. The van der Waals surface area contributed by atoms with Crippen molar-refractivity contribution < 1.29 is 9.85 Å². The van der Waals surface area contributed by atoms with Crippen molar-refractivity contribution in [2.75, 3.05) is 0 Å². The minimum Gasteiger partial charge on any atom is -0.258 e. The van der Waals surface area contributed by atoms with Crippen LogP contribution in [0, 0.1) is 20.2 Å². The molecule has 0 N–H and O–H groups in total. The lowest BCUT2D eigenvalue weighted by molar-refractivity contribution is -0.396. The second kappa shape index (κ2) is 7.48. The summed E-state index contributed by atoms with van der Waals surface area (Å²) in [6.45, 7) is 0. The normalized spacial score (nSPS) is 17.0. The molecule has 6 nitrogen and oxygen atoms in total. The van der Waals surface area contributed by atoms with Gasteiger partial charge in [0.15, 0.2) is 0 Å². The first-order valence-electron chi connectivity index (χ1n) is 7.91. The van der Waals surface area contributed by atoms with Gasteiger partial charge in [0.1, 0.15) is 0 Å². The molecule has 1 aliphatic carbocycles. The van der Waals surface area contributed by atoms with Crippen LogP contribution in [0.4, 0.5) is 11.4 Å². The zero-order valence-corrected chi connectivity index (χ0v) is 14.1. The molecule has 0 spiro atoms. The molecule has 0 aromatic heterocycles. The maximum absolute atomic E-state index is 11.3. The molecule has 1 atom stereocenters. The van der Waals surface area contributed by atoms with Crippen molar-refractivity contribution >= 4 is 28.7 Å². The Balaban J connectivity index is 1.93. The fraction of sp³-hybridized carbons (Fsp3) is 0.222. The minimum atomic E-state index is -0.614. The quantitative estimate of drug-likeness (QED) is 0.541. The summed E-state index contributed by atoms with van der Waals surface area (Å²) in [6.07, 6.45) is 5.12. The zero-order chi connectivity index (χ0) is 17.8. The van der Waals surface area contributed by atoms with Crippen molar-refractivity contribution in [2.45, 2.75) is 29.4 Å². The van der Waals surface area contributed by atoms with E-state index in [1.165, 1.54) is 29.5 Å². The fourth-order valence-electron chi connectivity index (χ4n) is 2.92. The molecule has 0 fully saturated rings. The van der Waals surface area contributed by atoms with E-state index in [0.29, 0.717) is 4.90 Å². The van der Waals surface area contributed by atoms with Crippen LogP contribution in [0.1, 0.15) is 24.8 Å². The number of benzene rings is 2. The van der Waals surface area contributed by atoms with Crippen molar-refractivity contribution in [2.24, 2.45) is 0 Å². The van der Waals surface area contributed by atoms with Crippen LogP contribution in [-0.2, 0) is 0 Å². The highest BCUT2D eigenvalue weighted by atomic mass is 32.2. The Morgan fingerprint density at radius 3 is 2.44 bits per heavy atom. The molecule has 3 rings (SSSR count). The Morgan fingerprint density at radius 1 is 1.00 bits per heavy atom. The van der Waals surface area contributed by atoms with E-state index in [0.717, 1.165) is 30.9 Å². The SMILES string of the molecule is O=[N+]([O-])c1ccc(SC2CCCC=C2c2ccccc2)c([N+](=O)[O-])c1. The Morgan fingerprint density at radius 2 is 1.76 bits per heavy atom. The predicted molar refractivity (Wildman–Crippen MR) is 97.7 cm³/mol. The molecule has 7 heteroatoms. The molecule has 128 valence electrons. The van der Waals surface area contributed by atoms with Crippen LogP contribution in [-0.4, -0.2) is 15.1 Å². The third-order valence-corrected chi connectivity index (χ3v) is 5.48. The fourth-order valence-corrected chi connectivity index (χ4v) is 4.27. The molecular weight excluding hydrogens is 340 g/mol. The molecule has 0 bridgehead atoms. The van der Waals surface area contributed by atoms with Gasteiger partial charge < -0.3 is 0 Å². The Bertz CT molecular complexity index is 836. The zero-order valence-electron chi connectivity index (χ0n) is 13.3. The van der Waals surface area contributed by atoms with E-state index in [2.05, 4.69) is 6.08 Å². The lowest BCUT2D eigenvalue weighted by atomic mass is 9.93. The van der Waals surface area contributed by atoms with E-state index in [1.54, 1.807) is 0 Å². The average molecular weight is 356 g/mol. The van der Waals surface area contributed by atoms with Gasteiger partial charge in [-0.05, 0) is 36.5 Å². The maximum Gasteiger partial charge on any atom is 0.289 e. The third-order valence-electron chi connectivity index (χ3n) is 4.11. The van der Waals surface area contributed by atoms with E-state index in [4.69, 9.17) is 0 Å². The summed E-state index contributed by atoms with van der Waals surface area (Å²) in [5, 5.41) is 22.3. The van der Waals surface area contributed by atoms with Crippen LogP contribution in [0.3, 0.4) is 0 Å². The van der Waals surface area contributed by atoms with Gasteiger partial charge >= 0.3 is 0 Å². The summed E-state index contributed by atoms with van der Waals surface area (Å²) in [5.41, 5.74) is 1.81. The number of rotatable bonds is 5. The second-order valence-corrected chi connectivity index (χ2v) is 6.97. The predicted octanol–water partition coefficient (Wildman–Crippen LogP) is 5.23. The topological polar surface area (TPSA) is 86.3 Å². The number of nitrogens with zero attached hydrogens (tertiary/aromatic N) is 2. The van der Waals surface area contributed by atoms with Gasteiger partial charge in [-0.25, -0.2) is 0 Å². The number of thioether (sulfide) groups is 1. The van der Waals surface area contributed by atoms with Crippen molar-refractivity contribution in [3.63, 3.8) is 0 Å². The molecule has 2 aromatic carbocycles. The van der Waals surface area contributed by atoms with Gasteiger partial charge in [0.05, 0.1) is 20.8 Å². The van der Waals surface area contributed by atoms with Gasteiger partial charge in [0, 0.05) is 11.3 Å². The van der Waals surface area contributed by atoms with E-state index in [1.807, 2.05) is 30.3 Å². The van der Waals surface area contributed by atoms with Crippen LogP contribution in [0.25, 0.3) is 5.57 Å². The first-order chi connectivity index (χ1) is 12.1. The number of hydrogen-bond acceptors (Lipinski definition) is 5. The van der Waals surface area contributed by atoms with Crippen LogP contribution in [0.5, 0.6) is 0 Å². The number of allylic oxidation sites excluding steroid dienone is 1. The summed E-state index contributed by atoms with van der Waals surface area (Å²) in [6, 6.07) is 13.8. The third kappa shape index (κ3) is 3.88. The number of nitro groups is 2. The Kier molecular flexibility index (Phi) is 5.14. The molecule has 0 saturated carbocycles. The van der Waals surface area contributed by atoms with Gasteiger partial charge in [-0.15, -0.1) is 11.8 Å². The lowest BCUT2D eigenvalue weighted by Crippen LogP contribution is -2.10. The summed E-state index contributed by atoms with van der Waals surface area (Å²) in [5.74, 6) is 0. The Hall–Kier alpha value is -2.67. The van der Waals surface area contributed by atoms with Crippen molar-refractivity contribution in [1.29, 1.82) is 0 Å². The summed E-state index contributed by atoms with van der Waals surface area (Å²) < 4.78 is 0. The Labute approximate surface area is 148 Å². The molecule has 0 amide bonds. The molecule has 25 heavy (non-hydrogen) atoms. The van der Waals surface area contributed by atoms with Gasteiger partial charge in [0.2, 0.25) is 0 Å². The second-order valence-electron chi connectivity index (χ2n) is 5.73. The maximum atomic E-state index is 11.3. The van der Waals surface area contributed by atoms with E-state index < -0.39 is 9.85 Å². The van der Waals surface area contributed by atoms with E-state index in [9.17, 15) is 20.2 Å². The summed E-state index contributed by atoms with van der Waals surface area (Å²) in [7, 11) is 0. The van der Waals surface area contributed by atoms with Crippen molar-refractivity contribution in [1.82, 2.24) is 0 Å². The van der Waals surface area contributed by atoms with E-state index >= 15 is 0 Å². The molecule has 0 aliphatic heterocycles. The van der Waals surface area contributed by atoms with Crippen molar-refractivity contribution in [3.05, 3.63) is 80.4 Å². The minimum absolute atomic E-state index is 0.0938. The van der Waals surface area contributed by atoms with Gasteiger partial charge in [0.25, 0.3) is 11.4 Å². The molecule has 0 radical (unpaired) electrons. The summed E-state index contributed by atoms with van der Waals surface area (Å²) >= 11 is 1.41. The summed E-state index contributed by atoms with van der Waals surface area (Å²) in [4.78, 5) is 21.5.